The molecule has 1 N–H and O–H groups in total. The first-order chi connectivity index (χ1) is 9.16. The monoisotopic (exact) mass is 265 g/mol. The third kappa shape index (κ3) is 3.92. The standard InChI is InChI=1S/C14H20FN3O/c1-17-8-10-18(11-9-17)14(19)6-7-16-13-5-3-2-4-12(13)15/h2-5,16H,6-11H2,1H3. The minimum absolute atomic E-state index is 0.136. The third-order valence-corrected chi connectivity index (χ3v) is 3.38. The van der Waals surface area contributed by atoms with Crippen molar-refractivity contribution in [3.63, 3.8) is 0 Å². The van der Waals surface area contributed by atoms with Crippen LogP contribution in [0, 0.1) is 5.82 Å². The Kier molecular flexibility index (Phi) is 4.74. The molecule has 4 nitrogen and oxygen atoms in total. The van der Waals surface area contributed by atoms with E-state index in [1.807, 2.05) is 4.90 Å². The van der Waals surface area contributed by atoms with Gasteiger partial charge < -0.3 is 15.1 Å². The molecule has 0 aliphatic carbocycles. The van der Waals surface area contributed by atoms with Gasteiger partial charge in [0.05, 0.1) is 5.69 Å². The van der Waals surface area contributed by atoms with E-state index in [2.05, 4.69) is 17.3 Å². The van der Waals surface area contributed by atoms with Crippen LogP contribution in [0.2, 0.25) is 0 Å². The van der Waals surface area contributed by atoms with Gasteiger partial charge in [-0.15, -0.1) is 0 Å². The highest BCUT2D eigenvalue weighted by Crippen LogP contribution is 2.12. The smallest absolute Gasteiger partial charge is 0.224 e. The van der Waals surface area contributed by atoms with Crippen molar-refractivity contribution in [3.05, 3.63) is 30.1 Å². The zero-order valence-corrected chi connectivity index (χ0v) is 11.2. The summed E-state index contributed by atoms with van der Waals surface area (Å²) in [5, 5.41) is 2.96. The Morgan fingerprint density at radius 1 is 1.26 bits per heavy atom. The van der Waals surface area contributed by atoms with Gasteiger partial charge in [-0.05, 0) is 19.2 Å². The minimum Gasteiger partial charge on any atom is -0.382 e. The normalized spacial score (nSPS) is 16.4. The lowest BCUT2D eigenvalue weighted by Gasteiger charge is -2.32. The molecule has 1 fully saturated rings. The first-order valence-electron chi connectivity index (χ1n) is 6.61. The van der Waals surface area contributed by atoms with Crippen molar-refractivity contribution in [1.29, 1.82) is 0 Å². The molecule has 104 valence electrons. The molecule has 0 spiro atoms. The number of nitrogens with zero attached hydrogens (tertiary/aromatic N) is 2. The fourth-order valence-electron chi connectivity index (χ4n) is 2.12. The maximum Gasteiger partial charge on any atom is 0.224 e. The Morgan fingerprint density at radius 3 is 2.63 bits per heavy atom. The van der Waals surface area contributed by atoms with Gasteiger partial charge in [0, 0.05) is 39.1 Å². The van der Waals surface area contributed by atoms with E-state index >= 15 is 0 Å². The van der Waals surface area contributed by atoms with E-state index in [0.29, 0.717) is 18.7 Å². The lowest BCUT2D eigenvalue weighted by molar-refractivity contribution is -0.132. The van der Waals surface area contributed by atoms with E-state index in [4.69, 9.17) is 0 Å². The van der Waals surface area contributed by atoms with Gasteiger partial charge in [0.1, 0.15) is 5.82 Å². The number of benzene rings is 1. The van der Waals surface area contributed by atoms with Crippen LogP contribution in [0.5, 0.6) is 0 Å². The number of anilines is 1. The molecule has 0 unspecified atom stereocenters. The summed E-state index contributed by atoms with van der Waals surface area (Å²) in [6.45, 7) is 3.88. The molecule has 0 atom stereocenters. The van der Waals surface area contributed by atoms with Crippen LogP contribution in [0.1, 0.15) is 6.42 Å². The number of piperazine rings is 1. The van der Waals surface area contributed by atoms with Crippen LogP contribution in [0.15, 0.2) is 24.3 Å². The lowest BCUT2D eigenvalue weighted by Crippen LogP contribution is -2.47. The summed E-state index contributed by atoms with van der Waals surface area (Å²) < 4.78 is 13.3. The maximum absolute atomic E-state index is 13.3. The molecule has 1 heterocycles. The van der Waals surface area contributed by atoms with Crippen molar-refractivity contribution in [2.75, 3.05) is 45.1 Å². The van der Waals surface area contributed by atoms with E-state index in [1.54, 1.807) is 18.2 Å². The van der Waals surface area contributed by atoms with Gasteiger partial charge in [-0.3, -0.25) is 4.79 Å². The summed E-state index contributed by atoms with van der Waals surface area (Å²) in [4.78, 5) is 16.0. The van der Waals surface area contributed by atoms with Crippen molar-refractivity contribution in [3.8, 4) is 0 Å². The topological polar surface area (TPSA) is 35.6 Å². The Hall–Kier alpha value is -1.62. The van der Waals surface area contributed by atoms with Gasteiger partial charge in [-0.1, -0.05) is 12.1 Å². The van der Waals surface area contributed by atoms with Crippen LogP contribution in [0.25, 0.3) is 0 Å². The Labute approximate surface area is 113 Å². The number of likely N-dealkylation sites (N-methyl/N-ethyl adjacent to an activating group) is 1. The van der Waals surface area contributed by atoms with Crippen LogP contribution >= 0.6 is 0 Å². The first kappa shape index (κ1) is 13.8. The van der Waals surface area contributed by atoms with E-state index in [1.165, 1.54) is 6.07 Å². The lowest BCUT2D eigenvalue weighted by atomic mass is 10.2. The minimum atomic E-state index is -0.283. The zero-order valence-electron chi connectivity index (χ0n) is 11.2. The zero-order chi connectivity index (χ0) is 13.7. The average molecular weight is 265 g/mol. The number of halogens is 1. The molecule has 1 saturated heterocycles. The second-order valence-electron chi connectivity index (χ2n) is 4.84. The number of hydrogen-bond donors (Lipinski definition) is 1. The molecule has 0 radical (unpaired) electrons. The Balaban J connectivity index is 1.74. The van der Waals surface area contributed by atoms with Gasteiger partial charge in [0.2, 0.25) is 5.91 Å². The SMILES string of the molecule is CN1CCN(C(=O)CCNc2ccccc2F)CC1. The molecule has 0 aromatic heterocycles. The number of carbonyl (C=O) groups is 1. The molecule has 5 heteroatoms. The van der Waals surface area contributed by atoms with Crippen molar-refractivity contribution < 1.29 is 9.18 Å². The van der Waals surface area contributed by atoms with E-state index < -0.39 is 0 Å². The Bertz CT molecular complexity index is 430. The van der Waals surface area contributed by atoms with Crippen LogP contribution in [-0.2, 0) is 4.79 Å². The molecule has 0 saturated carbocycles. The summed E-state index contributed by atoms with van der Waals surface area (Å²) >= 11 is 0. The predicted octanol–water partition coefficient (Wildman–Crippen LogP) is 1.40. The number of rotatable bonds is 4. The van der Waals surface area contributed by atoms with Gasteiger partial charge >= 0.3 is 0 Å². The molecule has 1 aliphatic rings. The number of para-hydroxylation sites is 1. The van der Waals surface area contributed by atoms with Gasteiger partial charge in [0.15, 0.2) is 0 Å². The van der Waals surface area contributed by atoms with E-state index in [0.717, 1.165) is 26.2 Å². The summed E-state index contributed by atoms with van der Waals surface area (Å²) in [5.74, 6) is -0.147. The van der Waals surface area contributed by atoms with Crippen molar-refractivity contribution in [1.82, 2.24) is 9.80 Å². The largest absolute Gasteiger partial charge is 0.382 e. The van der Waals surface area contributed by atoms with Crippen LogP contribution in [-0.4, -0.2) is 55.5 Å². The summed E-state index contributed by atoms with van der Waals surface area (Å²) in [6, 6.07) is 6.50. The number of hydrogen-bond acceptors (Lipinski definition) is 3. The molecule has 19 heavy (non-hydrogen) atoms. The summed E-state index contributed by atoms with van der Waals surface area (Å²) in [7, 11) is 2.06. The molecule has 0 bridgehead atoms. The fourth-order valence-corrected chi connectivity index (χ4v) is 2.12. The van der Waals surface area contributed by atoms with Crippen LogP contribution in [0.3, 0.4) is 0 Å². The van der Waals surface area contributed by atoms with Gasteiger partial charge in [-0.2, -0.15) is 0 Å². The van der Waals surface area contributed by atoms with Crippen LogP contribution in [0.4, 0.5) is 10.1 Å². The fraction of sp³-hybridized carbons (Fsp3) is 0.500. The summed E-state index contributed by atoms with van der Waals surface area (Å²) in [6.07, 6.45) is 0.401. The summed E-state index contributed by atoms with van der Waals surface area (Å²) in [5.41, 5.74) is 0.452. The van der Waals surface area contributed by atoms with E-state index in [-0.39, 0.29) is 11.7 Å². The molecule has 1 aromatic rings. The highest BCUT2D eigenvalue weighted by atomic mass is 19.1. The molecule has 1 amide bonds. The van der Waals surface area contributed by atoms with E-state index in [9.17, 15) is 9.18 Å². The maximum atomic E-state index is 13.3. The Morgan fingerprint density at radius 2 is 1.95 bits per heavy atom. The number of amides is 1. The van der Waals surface area contributed by atoms with Crippen LogP contribution < -0.4 is 5.32 Å². The molecular weight excluding hydrogens is 245 g/mol. The molecular formula is C14H20FN3O. The second-order valence-corrected chi connectivity index (χ2v) is 4.84. The quantitative estimate of drug-likeness (QED) is 0.894. The number of carbonyl (C=O) groups excluding carboxylic acids is 1. The van der Waals surface area contributed by atoms with Crippen molar-refractivity contribution in [2.45, 2.75) is 6.42 Å². The predicted molar refractivity (Wildman–Crippen MR) is 73.6 cm³/mol. The molecule has 1 aromatic carbocycles. The van der Waals surface area contributed by atoms with Gasteiger partial charge in [0.25, 0.3) is 0 Å². The third-order valence-electron chi connectivity index (χ3n) is 3.38. The number of nitrogens with one attached hydrogen (secondary N) is 1. The highest BCUT2D eigenvalue weighted by Gasteiger charge is 2.18. The van der Waals surface area contributed by atoms with Crippen molar-refractivity contribution in [2.24, 2.45) is 0 Å². The average Bonchev–Trinajstić information content (AvgIpc) is 2.41. The molecule has 1 aliphatic heterocycles. The highest BCUT2D eigenvalue weighted by molar-refractivity contribution is 5.76. The van der Waals surface area contributed by atoms with Crippen molar-refractivity contribution >= 4 is 11.6 Å². The first-order valence-corrected chi connectivity index (χ1v) is 6.61. The van der Waals surface area contributed by atoms with Gasteiger partial charge in [-0.25, -0.2) is 4.39 Å². The second kappa shape index (κ2) is 6.52. The molecule has 2 rings (SSSR count).